The van der Waals surface area contributed by atoms with Crippen LogP contribution in [-0.4, -0.2) is 29.9 Å². The zero-order valence-electron chi connectivity index (χ0n) is 11.9. The lowest BCUT2D eigenvalue weighted by Crippen LogP contribution is -2.34. The first-order valence-electron chi connectivity index (χ1n) is 6.84. The third kappa shape index (κ3) is 6.03. The average molecular weight is 280 g/mol. The summed E-state index contributed by atoms with van der Waals surface area (Å²) in [4.78, 5) is 14.9. The van der Waals surface area contributed by atoms with Gasteiger partial charge in [0.05, 0.1) is 0 Å². The van der Waals surface area contributed by atoms with E-state index in [1.165, 1.54) is 11.0 Å². The van der Waals surface area contributed by atoms with Crippen molar-refractivity contribution < 1.29 is 4.79 Å². The summed E-state index contributed by atoms with van der Waals surface area (Å²) in [6.45, 7) is 10.6. The maximum Gasteiger partial charge on any atom is 0.243 e. The largest absolute Gasteiger partial charge is 0.353 e. The van der Waals surface area contributed by atoms with Crippen molar-refractivity contribution in [2.45, 2.75) is 39.3 Å². The minimum Gasteiger partial charge on any atom is -0.353 e. The van der Waals surface area contributed by atoms with E-state index in [1.807, 2.05) is 0 Å². The molecule has 19 heavy (non-hydrogen) atoms. The Morgan fingerprint density at radius 1 is 1.63 bits per heavy atom. The zero-order chi connectivity index (χ0) is 14.1. The molecule has 0 saturated heterocycles. The summed E-state index contributed by atoms with van der Waals surface area (Å²) >= 11 is 1.80. The van der Waals surface area contributed by atoms with E-state index >= 15 is 0 Å². The number of carbonyl (C=O) groups excluding carboxylic acids is 1. The second kappa shape index (κ2) is 8.88. The van der Waals surface area contributed by atoms with Gasteiger partial charge >= 0.3 is 0 Å². The Morgan fingerprint density at radius 3 is 3.00 bits per heavy atom. The van der Waals surface area contributed by atoms with Gasteiger partial charge in [-0.3, -0.25) is 9.69 Å². The molecular weight excluding hydrogens is 256 g/mol. The lowest BCUT2D eigenvalue weighted by atomic mass is 10.2. The predicted octanol–water partition coefficient (Wildman–Crippen LogP) is 3.04. The Labute approximate surface area is 120 Å². The Morgan fingerprint density at radius 2 is 2.42 bits per heavy atom. The predicted molar refractivity (Wildman–Crippen MR) is 82.3 cm³/mol. The van der Waals surface area contributed by atoms with Crippen molar-refractivity contribution in [2.75, 3.05) is 13.1 Å². The van der Waals surface area contributed by atoms with Gasteiger partial charge in [0, 0.05) is 30.6 Å². The van der Waals surface area contributed by atoms with Crippen molar-refractivity contribution in [2.24, 2.45) is 0 Å². The summed E-state index contributed by atoms with van der Waals surface area (Å²) in [6, 6.07) is 4.84. The number of hydrogen-bond acceptors (Lipinski definition) is 3. The van der Waals surface area contributed by atoms with Crippen molar-refractivity contribution in [1.29, 1.82) is 0 Å². The van der Waals surface area contributed by atoms with Gasteiger partial charge in [-0.15, -0.1) is 11.3 Å². The lowest BCUT2D eigenvalue weighted by molar-refractivity contribution is -0.116. The van der Waals surface area contributed by atoms with E-state index in [1.54, 1.807) is 11.3 Å². The van der Waals surface area contributed by atoms with Crippen molar-refractivity contribution in [3.63, 3.8) is 0 Å². The molecule has 1 aromatic heterocycles. The fraction of sp³-hybridized carbons (Fsp3) is 0.533. The van der Waals surface area contributed by atoms with Gasteiger partial charge in [-0.2, -0.15) is 0 Å². The Bertz CT molecular complexity index is 376. The number of nitrogens with one attached hydrogen (secondary N) is 1. The molecule has 1 rings (SSSR count). The Hall–Kier alpha value is -1.13. The first-order valence-corrected chi connectivity index (χ1v) is 7.72. The summed E-state index contributed by atoms with van der Waals surface area (Å²) in [5, 5.41) is 4.94. The Balaban J connectivity index is 2.37. The van der Waals surface area contributed by atoms with Crippen LogP contribution in [0.1, 0.15) is 31.6 Å². The first kappa shape index (κ1) is 15.9. The molecule has 0 saturated carbocycles. The summed E-state index contributed by atoms with van der Waals surface area (Å²) in [5.74, 6) is -0.0895. The van der Waals surface area contributed by atoms with Gasteiger partial charge in [0.1, 0.15) is 0 Å². The summed E-state index contributed by atoms with van der Waals surface area (Å²) in [7, 11) is 0. The van der Waals surface area contributed by atoms with Crippen LogP contribution in [0.2, 0.25) is 0 Å². The van der Waals surface area contributed by atoms with Gasteiger partial charge in [0.25, 0.3) is 0 Å². The van der Waals surface area contributed by atoms with Crippen LogP contribution >= 0.6 is 11.3 Å². The monoisotopic (exact) mass is 280 g/mol. The van der Waals surface area contributed by atoms with E-state index in [0.717, 1.165) is 25.9 Å². The molecule has 3 nitrogen and oxygen atoms in total. The molecule has 0 bridgehead atoms. The van der Waals surface area contributed by atoms with Gasteiger partial charge in [0.15, 0.2) is 0 Å². The molecule has 0 aromatic carbocycles. The summed E-state index contributed by atoms with van der Waals surface area (Å²) in [6.07, 6.45) is 3.43. The topological polar surface area (TPSA) is 32.3 Å². The molecule has 1 amide bonds. The fourth-order valence-corrected chi connectivity index (χ4v) is 2.61. The van der Waals surface area contributed by atoms with Crippen LogP contribution in [0, 0.1) is 0 Å². The number of thiophene rings is 1. The SMILES string of the molecule is C=CC(=O)NCCCN(Cc1cccs1)C(C)CC. The van der Waals surface area contributed by atoms with Gasteiger partial charge in [-0.1, -0.05) is 19.6 Å². The van der Waals surface area contributed by atoms with Crippen molar-refractivity contribution >= 4 is 17.2 Å². The maximum atomic E-state index is 11.1. The molecule has 1 unspecified atom stereocenters. The summed E-state index contributed by atoms with van der Waals surface area (Å²) < 4.78 is 0. The highest BCUT2D eigenvalue weighted by molar-refractivity contribution is 7.09. The summed E-state index contributed by atoms with van der Waals surface area (Å²) in [5.41, 5.74) is 0. The molecular formula is C15H24N2OS. The molecule has 1 heterocycles. The van der Waals surface area contributed by atoms with Gasteiger partial charge in [-0.25, -0.2) is 0 Å². The third-order valence-electron chi connectivity index (χ3n) is 3.26. The highest BCUT2D eigenvalue weighted by Crippen LogP contribution is 2.15. The van der Waals surface area contributed by atoms with E-state index < -0.39 is 0 Å². The number of carbonyl (C=O) groups is 1. The van der Waals surface area contributed by atoms with Gasteiger partial charge in [-0.05, 0) is 37.3 Å². The van der Waals surface area contributed by atoms with E-state index in [0.29, 0.717) is 12.6 Å². The molecule has 0 radical (unpaired) electrons. The lowest BCUT2D eigenvalue weighted by Gasteiger charge is -2.28. The average Bonchev–Trinajstić information content (AvgIpc) is 2.93. The molecule has 0 aliphatic rings. The molecule has 4 heteroatoms. The van der Waals surface area contributed by atoms with E-state index in [2.05, 4.69) is 48.2 Å². The Kier molecular flexibility index (Phi) is 7.45. The first-order chi connectivity index (χ1) is 9.17. The van der Waals surface area contributed by atoms with Crippen LogP contribution < -0.4 is 5.32 Å². The van der Waals surface area contributed by atoms with Crippen LogP contribution in [0.15, 0.2) is 30.2 Å². The quantitative estimate of drug-likeness (QED) is 0.557. The minimum absolute atomic E-state index is 0.0895. The number of rotatable bonds is 9. The molecule has 1 aromatic rings. The highest BCUT2D eigenvalue weighted by Gasteiger charge is 2.12. The molecule has 106 valence electrons. The third-order valence-corrected chi connectivity index (χ3v) is 4.12. The van der Waals surface area contributed by atoms with Crippen LogP contribution in [0.3, 0.4) is 0 Å². The second-order valence-corrected chi connectivity index (χ2v) is 5.69. The molecule has 0 aliphatic carbocycles. The number of amides is 1. The molecule has 1 atom stereocenters. The van der Waals surface area contributed by atoms with E-state index in [-0.39, 0.29) is 5.91 Å². The minimum atomic E-state index is -0.0895. The van der Waals surface area contributed by atoms with Crippen molar-refractivity contribution in [1.82, 2.24) is 10.2 Å². The molecule has 1 N–H and O–H groups in total. The zero-order valence-corrected chi connectivity index (χ0v) is 12.7. The fourth-order valence-electron chi connectivity index (χ4n) is 1.88. The molecule has 0 spiro atoms. The normalized spacial score (nSPS) is 12.4. The number of nitrogens with zero attached hydrogens (tertiary/aromatic N) is 1. The van der Waals surface area contributed by atoms with Crippen LogP contribution in [0.25, 0.3) is 0 Å². The van der Waals surface area contributed by atoms with Crippen LogP contribution in [0.4, 0.5) is 0 Å². The van der Waals surface area contributed by atoms with Crippen LogP contribution in [-0.2, 0) is 11.3 Å². The molecule has 0 fully saturated rings. The molecule has 0 aliphatic heterocycles. The van der Waals surface area contributed by atoms with Crippen LogP contribution in [0.5, 0.6) is 0 Å². The van der Waals surface area contributed by atoms with Crippen molar-refractivity contribution in [3.05, 3.63) is 35.0 Å². The smallest absolute Gasteiger partial charge is 0.243 e. The van der Waals surface area contributed by atoms with Gasteiger partial charge in [0.2, 0.25) is 5.91 Å². The standard InChI is InChI=1S/C15H24N2OS/c1-4-13(3)17(12-14-8-6-11-19-14)10-7-9-16-15(18)5-2/h5-6,8,11,13H,2,4,7,9-10,12H2,1,3H3,(H,16,18). The van der Waals surface area contributed by atoms with E-state index in [4.69, 9.17) is 0 Å². The van der Waals surface area contributed by atoms with Gasteiger partial charge < -0.3 is 5.32 Å². The van der Waals surface area contributed by atoms with Crippen molar-refractivity contribution in [3.8, 4) is 0 Å². The maximum absolute atomic E-state index is 11.1. The second-order valence-electron chi connectivity index (χ2n) is 4.66. The number of hydrogen-bond donors (Lipinski definition) is 1. The highest BCUT2D eigenvalue weighted by atomic mass is 32.1. The van der Waals surface area contributed by atoms with E-state index in [9.17, 15) is 4.79 Å².